The first-order chi connectivity index (χ1) is 12.5. The fraction of sp³-hybridized carbons (Fsp3) is 0.474. The van der Waals surface area contributed by atoms with Crippen LogP contribution < -0.4 is 0 Å². The standard InChI is InChI=1S/C19H24BClN2O4/c1-12-16(17(21)23(22-12)13-9-7-6-8-10-13)14(11-15(24)25)20-26-18(2,3)19(4,5)27-20/h6-10,14H,11H2,1-5H3,(H,24,25). The Morgan fingerprint density at radius 1 is 1.22 bits per heavy atom. The van der Waals surface area contributed by atoms with E-state index in [1.807, 2.05) is 65.0 Å². The van der Waals surface area contributed by atoms with Gasteiger partial charge in [-0.25, -0.2) is 4.68 Å². The van der Waals surface area contributed by atoms with Crippen LogP contribution in [0.3, 0.4) is 0 Å². The molecule has 0 radical (unpaired) electrons. The summed E-state index contributed by atoms with van der Waals surface area (Å²) in [5.74, 6) is -1.52. The Labute approximate surface area is 164 Å². The van der Waals surface area contributed by atoms with Crippen molar-refractivity contribution in [3.05, 3.63) is 46.7 Å². The minimum Gasteiger partial charge on any atom is -0.481 e. The zero-order valence-corrected chi connectivity index (χ0v) is 16.9. The molecule has 1 fully saturated rings. The summed E-state index contributed by atoms with van der Waals surface area (Å²) in [6, 6.07) is 9.48. The Bertz CT molecular complexity index is 835. The average Bonchev–Trinajstić information content (AvgIpc) is 2.98. The van der Waals surface area contributed by atoms with E-state index in [-0.39, 0.29) is 6.42 Å². The number of rotatable bonds is 5. The minimum absolute atomic E-state index is 0.169. The van der Waals surface area contributed by atoms with E-state index >= 15 is 0 Å². The van der Waals surface area contributed by atoms with Crippen molar-refractivity contribution < 1.29 is 19.2 Å². The van der Waals surface area contributed by atoms with Gasteiger partial charge in [-0.1, -0.05) is 29.8 Å². The number of carboxylic acids is 1. The van der Waals surface area contributed by atoms with Crippen LogP contribution in [-0.2, 0) is 14.1 Å². The largest absolute Gasteiger partial charge is 0.481 e. The molecule has 0 amide bonds. The summed E-state index contributed by atoms with van der Waals surface area (Å²) in [6.07, 6.45) is -0.169. The quantitative estimate of drug-likeness (QED) is 0.780. The molecule has 8 heteroatoms. The number of hydrogen-bond donors (Lipinski definition) is 1. The lowest BCUT2D eigenvalue weighted by Crippen LogP contribution is -2.41. The maximum absolute atomic E-state index is 11.6. The predicted octanol–water partition coefficient (Wildman–Crippen LogP) is 4.02. The third kappa shape index (κ3) is 3.64. The van der Waals surface area contributed by atoms with Gasteiger partial charge in [0.05, 0.1) is 29.0 Å². The van der Waals surface area contributed by atoms with Gasteiger partial charge >= 0.3 is 13.1 Å². The van der Waals surface area contributed by atoms with Gasteiger partial charge in [-0.05, 0) is 46.8 Å². The molecule has 0 saturated carbocycles. The number of hydrogen-bond acceptors (Lipinski definition) is 4. The Balaban J connectivity index is 2.05. The van der Waals surface area contributed by atoms with Crippen molar-refractivity contribution in [2.45, 2.75) is 58.1 Å². The van der Waals surface area contributed by atoms with Crippen LogP contribution in [0.5, 0.6) is 0 Å². The Kier molecular flexibility index (Phi) is 5.14. The van der Waals surface area contributed by atoms with Crippen LogP contribution >= 0.6 is 11.6 Å². The van der Waals surface area contributed by atoms with E-state index in [1.165, 1.54) is 0 Å². The molecule has 0 aliphatic carbocycles. The molecular formula is C19H24BClN2O4. The Hall–Kier alpha value is -1.83. The molecule has 1 aromatic carbocycles. The zero-order chi connectivity index (χ0) is 20.0. The van der Waals surface area contributed by atoms with E-state index in [9.17, 15) is 9.90 Å². The molecule has 1 unspecified atom stereocenters. The van der Waals surface area contributed by atoms with Gasteiger partial charge in [0, 0.05) is 11.4 Å². The van der Waals surface area contributed by atoms with E-state index in [0.717, 1.165) is 5.69 Å². The fourth-order valence-electron chi connectivity index (χ4n) is 3.25. The van der Waals surface area contributed by atoms with Gasteiger partial charge < -0.3 is 14.4 Å². The molecule has 0 bridgehead atoms. The summed E-state index contributed by atoms with van der Waals surface area (Å²) in [5.41, 5.74) is 0.972. The molecule has 2 aromatic rings. The highest BCUT2D eigenvalue weighted by Gasteiger charge is 2.55. The Morgan fingerprint density at radius 2 is 1.78 bits per heavy atom. The zero-order valence-electron chi connectivity index (χ0n) is 16.2. The molecule has 1 aromatic heterocycles. The van der Waals surface area contributed by atoms with Crippen molar-refractivity contribution in [3.63, 3.8) is 0 Å². The number of nitrogens with zero attached hydrogens (tertiary/aromatic N) is 2. The van der Waals surface area contributed by atoms with Gasteiger partial charge in [0.1, 0.15) is 5.15 Å². The van der Waals surface area contributed by atoms with Crippen LogP contribution in [0.15, 0.2) is 30.3 Å². The molecule has 1 saturated heterocycles. The van der Waals surface area contributed by atoms with E-state index in [2.05, 4.69) is 5.10 Å². The van der Waals surface area contributed by atoms with Crippen molar-refractivity contribution in [2.75, 3.05) is 0 Å². The summed E-state index contributed by atoms with van der Waals surface area (Å²) in [4.78, 5) is 11.6. The summed E-state index contributed by atoms with van der Waals surface area (Å²) in [6.45, 7) is 9.57. The first-order valence-electron chi connectivity index (χ1n) is 8.91. The molecule has 1 atom stereocenters. The topological polar surface area (TPSA) is 73.6 Å². The average molecular weight is 391 g/mol. The molecule has 2 heterocycles. The summed E-state index contributed by atoms with van der Waals surface area (Å²) >= 11 is 6.66. The van der Waals surface area contributed by atoms with Crippen molar-refractivity contribution in [2.24, 2.45) is 0 Å². The molecule has 1 aliphatic rings. The minimum atomic E-state index is -0.947. The summed E-state index contributed by atoms with van der Waals surface area (Å²) in [5, 5.41) is 14.4. The number of benzene rings is 1. The second-order valence-electron chi connectivity index (χ2n) is 7.87. The first-order valence-corrected chi connectivity index (χ1v) is 9.29. The molecular weight excluding hydrogens is 366 g/mol. The van der Waals surface area contributed by atoms with Crippen molar-refractivity contribution in [1.82, 2.24) is 9.78 Å². The van der Waals surface area contributed by atoms with Gasteiger partial charge in [0.25, 0.3) is 0 Å². The summed E-state index contributed by atoms with van der Waals surface area (Å²) in [7, 11) is -0.726. The second-order valence-corrected chi connectivity index (χ2v) is 8.22. The van der Waals surface area contributed by atoms with Crippen LogP contribution in [0.1, 0.15) is 51.2 Å². The number of aliphatic carboxylic acids is 1. The number of aromatic nitrogens is 2. The van der Waals surface area contributed by atoms with Gasteiger partial charge in [-0.2, -0.15) is 5.10 Å². The van der Waals surface area contributed by atoms with Crippen molar-refractivity contribution in [3.8, 4) is 5.69 Å². The third-order valence-corrected chi connectivity index (χ3v) is 5.78. The normalized spacial score (nSPS) is 19.3. The van der Waals surface area contributed by atoms with Crippen molar-refractivity contribution in [1.29, 1.82) is 0 Å². The van der Waals surface area contributed by atoms with Crippen LogP contribution in [0.2, 0.25) is 5.15 Å². The lowest BCUT2D eigenvalue weighted by molar-refractivity contribution is -0.137. The van der Waals surface area contributed by atoms with Crippen LogP contribution in [-0.4, -0.2) is 39.2 Å². The van der Waals surface area contributed by atoms with Crippen LogP contribution in [0.25, 0.3) is 5.69 Å². The molecule has 3 rings (SSSR count). The van der Waals surface area contributed by atoms with Gasteiger partial charge in [0.15, 0.2) is 0 Å². The summed E-state index contributed by atoms with van der Waals surface area (Å²) < 4.78 is 13.9. The first kappa shape index (κ1) is 19.9. The van der Waals surface area contributed by atoms with E-state index in [1.54, 1.807) is 4.68 Å². The van der Waals surface area contributed by atoms with Crippen LogP contribution in [0, 0.1) is 6.92 Å². The van der Waals surface area contributed by atoms with E-state index < -0.39 is 30.1 Å². The smallest absolute Gasteiger partial charge is 0.466 e. The molecule has 6 nitrogen and oxygen atoms in total. The van der Waals surface area contributed by atoms with Crippen LogP contribution in [0.4, 0.5) is 0 Å². The maximum atomic E-state index is 11.6. The van der Waals surface area contributed by atoms with E-state index in [0.29, 0.717) is 16.4 Å². The number of aryl methyl sites for hydroxylation is 1. The lowest BCUT2D eigenvalue weighted by atomic mass is 9.66. The molecule has 1 aliphatic heterocycles. The highest BCUT2D eigenvalue weighted by molar-refractivity contribution is 6.48. The van der Waals surface area contributed by atoms with Gasteiger partial charge in [0.2, 0.25) is 0 Å². The highest BCUT2D eigenvalue weighted by Crippen LogP contribution is 2.43. The Morgan fingerprint density at radius 3 is 2.30 bits per heavy atom. The number of carboxylic acid groups (broad SMARTS) is 1. The maximum Gasteiger partial charge on any atom is 0.466 e. The highest BCUT2D eigenvalue weighted by atomic mass is 35.5. The lowest BCUT2D eigenvalue weighted by Gasteiger charge is -2.32. The molecule has 144 valence electrons. The number of para-hydroxylation sites is 1. The van der Waals surface area contributed by atoms with Gasteiger partial charge in [-0.3, -0.25) is 4.79 Å². The third-order valence-electron chi connectivity index (χ3n) is 5.41. The predicted molar refractivity (Wildman–Crippen MR) is 104 cm³/mol. The SMILES string of the molecule is Cc1nn(-c2ccccc2)c(Cl)c1C(CC(=O)O)B1OC(C)(C)C(C)(C)O1. The second kappa shape index (κ2) is 6.97. The van der Waals surface area contributed by atoms with Crippen molar-refractivity contribution >= 4 is 24.7 Å². The monoisotopic (exact) mass is 390 g/mol. The fourth-order valence-corrected chi connectivity index (χ4v) is 3.66. The van der Waals surface area contributed by atoms with Gasteiger partial charge in [-0.15, -0.1) is 0 Å². The van der Waals surface area contributed by atoms with E-state index in [4.69, 9.17) is 20.9 Å². The molecule has 27 heavy (non-hydrogen) atoms. The number of halogens is 1. The molecule has 0 spiro atoms. The molecule has 1 N–H and O–H groups in total. The number of carbonyl (C=O) groups is 1.